The molecule has 3 rings (SSSR count). The summed E-state index contributed by atoms with van der Waals surface area (Å²) in [7, 11) is 0. The summed E-state index contributed by atoms with van der Waals surface area (Å²) >= 11 is 1.00. The Morgan fingerprint density at radius 3 is 2.66 bits per heavy atom. The molecule has 1 aromatic rings. The fraction of sp³-hybridized carbons (Fsp3) is 0.391. The molecule has 6 heteroatoms. The number of carboxylic acid groups (broad SMARTS) is 1. The van der Waals surface area contributed by atoms with Crippen molar-refractivity contribution in [2.45, 2.75) is 39.0 Å². The predicted octanol–water partition coefficient (Wildman–Crippen LogP) is 3.39. The van der Waals surface area contributed by atoms with Crippen molar-refractivity contribution in [1.29, 1.82) is 5.26 Å². The molecule has 1 aromatic carbocycles. The van der Waals surface area contributed by atoms with Crippen LogP contribution in [0.3, 0.4) is 0 Å². The summed E-state index contributed by atoms with van der Waals surface area (Å²) in [5.41, 5.74) is 0.667. The average molecular weight is 408 g/mol. The molecule has 0 aromatic heterocycles. The van der Waals surface area contributed by atoms with E-state index in [0.717, 1.165) is 17.3 Å². The number of carboxylic acids is 1. The van der Waals surface area contributed by atoms with Crippen LogP contribution in [0.15, 0.2) is 59.2 Å². The Morgan fingerprint density at radius 2 is 2.07 bits per heavy atom. The van der Waals surface area contributed by atoms with Gasteiger partial charge in [-0.1, -0.05) is 50.3 Å². The van der Waals surface area contributed by atoms with E-state index in [1.165, 1.54) is 0 Å². The maximum Gasteiger partial charge on any atom is 0.161 e. The highest BCUT2D eigenvalue weighted by molar-refractivity contribution is 8.14. The van der Waals surface area contributed by atoms with Crippen LogP contribution in [0.1, 0.15) is 44.6 Å². The van der Waals surface area contributed by atoms with Crippen LogP contribution in [0.25, 0.3) is 0 Å². The first-order chi connectivity index (χ1) is 13.7. The predicted molar refractivity (Wildman–Crippen MR) is 112 cm³/mol. The third kappa shape index (κ3) is 3.92. The zero-order valence-electron chi connectivity index (χ0n) is 16.6. The van der Waals surface area contributed by atoms with Gasteiger partial charge < -0.3 is 9.90 Å². The smallest absolute Gasteiger partial charge is 0.161 e. The molecule has 0 saturated heterocycles. The van der Waals surface area contributed by atoms with E-state index in [1.54, 1.807) is 6.08 Å². The van der Waals surface area contributed by atoms with Crippen LogP contribution in [0.2, 0.25) is 0 Å². The van der Waals surface area contributed by atoms with E-state index >= 15 is 0 Å². The summed E-state index contributed by atoms with van der Waals surface area (Å²) in [5.74, 6) is -2.05. The Hall–Kier alpha value is -2.65. The molecule has 0 fully saturated rings. The molecule has 0 unspecified atom stereocenters. The van der Waals surface area contributed by atoms with Crippen LogP contribution in [0.5, 0.6) is 0 Å². The molecule has 2 aliphatic rings. The van der Waals surface area contributed by atoms with Crippen molar-refractivity contribution in [3.63, 3.8) is 0 Å². The fourth-order valence-electron chi connectivity index (χ4n) is 4.30. The highest BCUT2D eigenvalue weighted by Gasteiger charge is 2.52. The maximum absolute atomic E-state index is 13.2. The number of carbonyl (C=O) groups is 2. The second-order valence-electron chi connectivity index (χ2n) is 8.30. The average Bonchev–Trinajstić information content (AvgIpc) is 2.66. The SMILES string of the molecule is C=CC[C@@]1(C#N)C(SCC(=O)[O-])=NC2=C(C(=O)CC(C)(C)C2)[C@@H]1c1ccccc1. The number of aliphatic carboxylic acids is 1. The molecule has 0 spiro atoms. The monoisotopic (exact) mass is 407 g/mol. The number of allylic oxidation sites excluding steroid dienone is 3. The van der Waals surface area contributed by atoms with Gasteiger partial charge in [-0.3, -0.25) is 4.79 Å². The van der Waals surface area contributed by atoms with Gasteiger partial charge in [0.1, 0.15) is 5.41 Å². The van der Waals surface area contributed by atoms with Crippen LogP contribution in [0, 0.1) is 22.2 Å². The molecule has 1 aliphatic heterocycles. The second-order valence-corrected chi connectivity index (χ2v) is 9.26. The first-order valence-electron chi connectivity index (χ1n) is 9.49. The summed E-state index contributed by atoms with van der Waals surface area (Å²) in [5, 5.41) is 21.9. The normalized spacial score (nSPS) is 25.6. The summed E-state index contributed by atoms with van der Waals surface area (Å²) < 4.78 is 0. The summed E-state index contributed by atoms with van der Waals surface area (Å²) in [6, 6.07) is 11.8. The summed E-state index contributed by atoms with van der Waals surface area (Å²) in [6.07, 6.45) is 2.89. The largest absolute Gasteiger partial charge is 0.549 e. The molecular weight excluding hydrogens is 384 g/mol. The van der Waals surface area contributed by atoms with Crippen molar-refractivity contribution >= 4 is 28.6 Å². The van der Waals surface area contributed by atoms with Gasteiger partial charge in [0.05, 0.1) is 17.1 Å². The van der Waals surface area contributed by atoms with Crippen molar-refractivity contribution in [1.82, 2.24) is 0 Å². The van der Waals surface area contributed by atoms with Gasteiger partial charge in [-0.25, -0.2) is 4.99 Å². The van der Waals surface area contributed by atoms with Crippen molar-refractivity contribution in [3.05, 3.63) is 59.8 Å². The van der Waals surface area contributed by atoms with Crippen LogP contribution >= 0.6 is 11.8 Å². The first kappa shape index (κ1) is 21.1. The summed E-state index contributed by atoms with van der Waals surface area (Å²) in [6.45, 7) is 7.85. The minimum absolute atomic E-state index is 0.00138. The van der Waals surface area contributed by atoms with E-state index in [9.17, 15) is 20.0 Å². The first-order valence-corrected chi connectivity index (χ1v) is 10.5. The second kappa shape index (κ2) is 8.00. The Bertz CT molecular complexity index is 956. The fourth-order valence-corrected chi connectivity index (χ4v) is 5.23. The summed E-state index contributed by atoms with van der Waals surface area (Å²) in [4.78, 5) is 29.1. The van der Waals surface area contributed by atoms with Gasteiger partial charge in [0.15, 0.2) is 5.78 Å². The maximum atomic E-state index is 13.2. The van der Waals surface area contributed by atoms with Gasteiger partial charge in [-0.05, 0) is 23.8 Å². The van der Waals surface area contributed by atoms with Crippen LogP contribution in [-0.2, 0) is 9.59 Å². The lowest BCUT2D eigenvalue weighted by Crippen LogP contribution is -2.43. The lowest BCUT2D eigenvalue weighted by molar-refractivity contribution is -0.301. The van der Waals surface area contributed by atoms with Crippen LogP contribution in [0.4, 0.5) is 0 Å². The van der Waals surface area contributed by atoms with E-state index < -0.39 is 17.3 Å². The van der Waals surface area contributed by atoms with Crippen molar-refractivity contribution in [2.24, 2.45) is 15.8 Å². The zero-order chi connectivity index (χ0) is 21.2. The number of hydrogen-bond acceptors (Lipinski definition) is 6. The molecule has 2 atom stereocenters. The molecule has 0 N–H and O–H groups in total. The van der Waals surface area contributed by atoms with Gasteiger partial charge in [-0.15, -0.1) is 18.3 Å². The Kier molecular flexibility index (Phi) is 5.81. The van der Waals surface area contributed by atoms with Gasteiger partial charge >= 0.3 is 0 Å². The van der Waals surface area contributed by atoms with E-state index in [4.69, 9.17) is 4.99 Å². The third-order valence-corrected chi connectivity index (χ3v) is 6.53. The Balaban J connectivity index is 2.28. The topological polar surface area (TPSA) is 93.3 Å². The number of aliphatic imine (C=N–C) groups is 1. The molecule has 5 nitrogen and oxygen atoms in total. The number of rotatable bonds is 5. The van der Waals surface area contributed by atoms with E-state index in [2.05, 4.69) is 12.6 Å². The number of benzene rings is 1. The highest BCUT2D eigenvalue weighted by atomic mass is 32.2. The van der Waals surface area contributed by atoms with Gasteiger partial charge in [0.25, 0.3) is 0 Å². The van der Waals surface area contributed by atoms with Crippen molar-refractivity contribution < 1.29 is 14.7 Å². The molecule has 0 radical (unpaired) electrons. The standard InChI is InChI=1S/C23H24N2O3S/c1-4-10-23(14-24)20(15-8-6-5-7-9-15)19-16(11-22(2,3)12-17(19)26)25-21(23)29-13-18(27)28/h4-9,20H,1,10-13H2,2-3H3,(H,27,28)/p-1/t20-,23-/m0/s1. The van der Waals surface area contributed by atoms with Crippen molar-refractivity contribution in [3.8, 4) is 6.07 Å². The number of carbonyl (C=O) groups excluding carboxylic acids is 2. The van der Waals surface area contributed by atoms with Crippen LogP contribution < -0.4 is 5.11 Å². The van der Waals surface area contributed by atoms with Gasteiger partial charge in [0, 0.05) is 29.4 Å². The third-order valence-electron chi connectivity index (χ3n) is 5.42. The highest BCUT2D eigenvalue weighted by Crippen LogP contribution is 2.55. The Morgan fingerprint density at radius 1 is 1.38 bits per heavy atom. The zero-order valence-corrected chi connectivity index (χ0v) is 17.4. The quantitative estimate of drug-likeness (QED) is 0.698. The molecular formula is C23H23N2O3S-. The number of nitriles is 1. The van der Waals surface area contributed by atoms with Crippen LogP contribution in [-0.4, -0.2) is 22.5 Å². The number of nitrogens with zero attached hydrogens (tertiary/aromatic N) is 2. The number of Topliss-reactive ketones (excluding diaryl/α,β-unsaturated/α-hetero) is 1. The molecule has 0 bridgehead atoms. The lowest BCUT2D eigenvalue weighted by Gasteiger charge is -2.44. The minimum Gasteiger partial charge on any atom is -0.549 e. The molecule has 29 heavy (non-hydrogen) atoms. The van der Waals surface area contributed by atoms with Crippen molar-refractivity contribution in [2.75, 3.05) is 5.75 Å². The number of ketones is 1. The molecule has 150 valence electrons. The Labute approximate surface area is 175 Å². The van der Waals surface area contributed by atoms with Gasteiger partial charge in [0.2, 0.25) is 0 Å². The molecule has 1 aliphatic carbocycles. The van der Waals surface area contributed by atoms with E-state index in [-0.39, 0.29) is 23.4 Å². The minimum atomic E-state index is -1.22. The number of thioether (sulfide) groups is 1. The lowest BCUT2D eigenvalue weighted by atomic mass is 9.61. The molecule has 1 heterocycles. The van der Waals surface area contributed by atoms with Gasteiger partial charge in [-0.2, -0.15) is 5.26 Å². The molecule has 0 saturated carbocycles. The number of hydrogen-bond donors (Lipinski definition) is 0. The van der Waals surface area contributed by atoms with E-state index in [1.807, 2.05) is 44.2 Å². The van der Waals surface area contributed by atoms with E-state index in [0.29, 0.717) is 29.2 Å². The molecule has 0 amide bonds.